The monoisotopic (exact) mass is 308 g/mol. The Labute approximate surface area is 125 Å². The molecule has 0 atom stereocenters. The van der Waals surface area contributed by atoms with Crippen LogP contribution >= 0.6 is 11.6 Å². The predicted molar refractivity (Wildman–Crippen MR) is 74.2 cm³/mol. The molecule has 0 bridgehead atoms. The van der Waals surface area contributed by atoms with Crippen LogP contribution in [0.15, 0.2) is 42.5 Å². The fourth-order valence-corrected chi connectivity index (χ4v) is 1.75. The van der Waals surface area contributed by atoms with E-state index in [1.165, 1.54) is 43.5 Å². The summed E-state index contributed by atoms with van der Waals surface area (Å²) in [7, 11) is 1.26. The van der Waals surface area contributed by atoms with E-state index in [1.807, 2.05) is 0 Å². The molecular weight excluding hydrogens is 299 g/mol. The lowest BCUT2D eigenvalue weighted by Gasteiger charge is -2.06. The average molecular weight is 309 g/mol. The normalized spacial score (nSPS) is 10.0. The summed E-state index contributed by atoms with van der Waals surface area (Å²) in [6.45, 7) is 0. The van der Waals surface area contributed by atoms with Crippen LogP contribution in [0.4, 0.5) is 4.39 Å². The van der Waals surface area contributed by atoms with Gasteiger partial charge >= 0.3 is 11.9 Å². The molecule has 0 aliphatic rings. The summed E-state index contributed by atoms with van der Waals surface area (Å²) in [6, 6.07) is 9.36. The number of benzene rings is 2. The summed E-state index contributed by atoms with van der Waals surface area (Å²) in [5.41, 5.74) is 0.0893. The molecule has 2 aromatic rings. The van der Waals surface area contributed by atoms with Crippen LogP contribution in [0.1, 0.15) is 20.7 Å². The molecule has 108 valence electrons. The fourth-order valence-electron chi connectivity index (χ4n) is 1.59. The zero-order valence-electron chi connectivity index (χ0n) is 10.9. The molecule has 0 aliphatic heterocycles. The highest BCUT2D eigenvalue weighted by atomic mass is 35.5. The molecule has 6 heteroatoms. The van der Waals surface area contributed by atoms with E-state index in [-0.39, 0.29) is 16.3 Å². The second kappa shape index (κ2) is 6.37. The number of carbonyl (C=O) groups is 2. The maximum atomic E-state index is 13.6. The lowest BCUT2D eigenvalue weighted by atomic mass is 10.2. The maximum absolute atomic E-state index is 13.6. The lowest BCUT2D eigenvalue weighted by Crippen LogP contribution is -2.11. The van der Waals surface area contributed by atoms with Gasteiger partial charge in [0, 0.05) is 5.02 Å². The van der Waals surface area contributed by atoms with Gasteiger partial charge in [0.1, 0.15) is 11.6 Å². The van der Waals surface area contributed by atoms with Gasteiger partial charge in [0.2, 0.25) is 0 Å². The van der Waals surface area contributed by atoms with Crippen LogP contribution in [0.2, 0.25) is 5.02 Å². The predicted octanol–water partition coefficient (Wildman–Crippen LogP) is 3.48. The molecule has 0 heterocycles. The van der Waals surface area contributed by atoms with E-state index in [0.717, 1.165) is 6.07 Å². The van der Waals surface area contributed by atoms with Crippen LogP contribution in [-0.2, 0) is 4.74 Å². The first-order valence-electron chi connectivity index (χ1n) is 5.87. The first-order valence-corrected chi connectivity index (χ1v) is 6.24. The summed E-state index contributed by atoms with van der Waals surface area (Å²) >= 11 is 5.61. The Morgan fingerprint density at radius 3 is 2.29 bits per heavy atom. The van der Waals surface area contributed by atoms with E-state index < -0.39 is 17.8 Å². The minimum atomic E-state index is -0.852. The van der Waals surface area contributed by atoms with Gasteiger partial charge in [-0.05, 0) is 42.5 Å². The highest BCUT2D eigenvalue weighted by Gasteiger charge is 2.15. The minimum Gasteiger partial charge on any atom is -0.465 e. The first-order chi connectivity index (χ1) is 10.0. The van der Waals surface area contributed by atoms with E-state index in [4.69, 9.17) is 16.3 Å². The number of esters is 2. The molecule has 21 heavy (non-hydrogen) atoms. The van der Waals surface area contributed by atoms with Gasteiger partial charge < -0.3 is 9.47 Å². The third kappa shape index (κ3) is 3.58. The summed E-state index contributed by atoms with van der Waals surface area (Å²) in [5, 5.41) is 0.187. The quantitative estimate of drug-likeness (QED) is 0.643. The Balaban J connectivity index is 2.14. The van der Waals surface area contributed by atoms with E-state index in [1.54, 1.807) is 0 Å². The third-order valence-electron chi connectivity index (χ3n) is 2.64. The Bertz CT molecular complexity index is 683. The molecule has 2 rings (SSSR count). The zero-order chi connectivity index (χ0) is 15.4. The van der Waals surface area contributed by atoms with Crippen molar-refractivity contribution in [3.05, 3.63) is 64.4 Å². The summed E-state index contributed by atoms with van der Waals surface area (Å²) in [6.07, 6.45) is 0. The second-order valence-corrected chi connectivity index (χ2v) is 4.47. The number of methoxy groups -OCH3 is 1. The smallest absolute Gasteiger partial charge is 0.346 e. The number of carbonyl (C=O) groups excluding carboxylic acids is 2. The second-order valence-electron chi connectivity index (χ2n) is 4.03. The van der Waals surface area contributed by atoms with Crippen LogP contribution in [0.25, 0.3) is 0 Å². The molecule has 0 spiro atoms. The van der Waals surface area contributed by atoms with Gasteiger partial charge in [-0.3, -0.25) is 0 Å². The van der Waals surface area contributed by atoms with Crippen LogP contribution in [-0.4, -0.2) is 19.0 Å². The molecule has 0 aliphatic carbocycles. The van der Waals surface area contributed by atoms with Crippen LogP contribution in [0.5, 0.6) is 5.75 Å². The number of rotatable bonds is 3. The largest absolute Gasteiger partial charge is 0.465 e. The van der Waals surface area contributed by atoms with Gasteiger partial charge in [-0.25, -0.2) is 14.0 Å². The van der Waals surface area contributed by atoms with Crippen molar-refractivity contribution in [2.24, 2.45) is 0 Å². The van der Waals surface area contributed by atoms with Crippen molar-refractivity contribution >= 4 is 23.5 Å². The van der Waals surface area contributed by atoms with E-state index >= 15 is 0 Å². The molecule has 0 fully saturated rings. The molecule has 0 saturated carbocycles. The Morgan fingerprint density at radius 2 is 1.71 bits per heavy atom. The average Bonchev–Trinajstić information content (AvgIpc) is 2.47. The van der Waals surface area contributed by atoms with Crippen molar-refractivity contribution in [1.29, 1.82) is 0 Å². The van der Waals surface area contributed by atoms with Crippen molar-refractivity contribution in [3.8, 4) is 5.75 Å². The Kier molecular flexibility index (Phi) is 4.55. The van der Waals surface area contributed by atoms with Gasteiger partial charge in [0.15, 0.2) is 0 Å². The zero-order valence-corrected chi connectivity index (χ0v) is 11.7. The fraction of sp³-hybridized carbons (Fsp3) is 0.0667. The molecule has 4 nitrogen and oxygen atoms in total. The van der Waals surface area contributed by atoms with Gasteiger partial charge in [-0.15, -0.1) is 0 Å². The summed E-state index contributed by atoms with van der Waals surface area (Å²) in [4.78, 5) is 23.1. The molecule has 2 aromatic carbocycles. The van der Waals surface area contributed by atoms with Crippen molar-refractivity contribution in [2.75, 3.05) is 7.11 Å². The highest BCUT2D eigenvalue weighted by molar-refractivity contribution is 6.30. The van der Waals surface area contributed by atoms with Gasteiger partial charge in [-0.2, -0.15) is 0 Å². The maximum Gasteiger partial charge on any atom is 0.346 e. The van der Waals surface area contributed by atoms with Gasteiger partial charge in [0.05, 0.1) is 18.2 Å². The molecule has 0 radical (unpaired) electrons. The molecule has 0 N–H and O–H groups in total. The van der Waals surface area contributed by atoms with Gasteiger partial charge in [-0.1, -0.05) is 11.6 Å². The van der Waals surface area contributed by atoms with Crippen LogP contribution in [0.3, 0.4) is 0 Å². The van der Waals surface area contributed by atoms with Crippen molar-refractivity contribution in [2.45, 2.75) is 0 Å². The summed E-state index contributed by atoms with van der Waals surface area (Å²) < 4.78 is 23.1. The minimum absolute atomic E-state index is 0.182. The molecule has 0 saturated heterocycles. The first kappa shape index (κ1) is 15.0. The van der Waals surface area contributed by atoms with Crippen molar-refractivity contribution < 1.29 is 23.5 Å². The van der Waals surface area contributed by atoms with E-state index in [2.05, 4.69) is 4.74 Å². The van der Waals surface area contributed by atoms with Crippen molar-refractivity contribution in [3.63, 3.8) is 0 Å². The summed E-state index contributed by atoms with van der Waals surface area (Å²) in [5.74, 6) is -1.94. The van der Waals surface area contributed by atoms with Gasteiger partial charge in [0.25, 0.3) is 0 Å². The SMILES string of the molecule is COC(=O)c1ccc(OC(=O)c2ccc(Cl)cc2F)cc1. The highest BCUT2D eigenvalue weighted by Crippen LogP contribution is 2.18. The number of ether oxygens (including phenoxy) is 2. The van der Waals surface area contributed by atoms with E-state index in [9.17, 15) is 14.0 Å². The molecule has 0 unspecified atom stereocenters. The molecule has 0 aromatic heterocycles. The Hall–Kier alpha value is -2.40. The molecular formula is C15H10ClFO4. The lowest BCUT2D eigenvalue weighted by molar-refractivity contribution is 0.0600. The topological polar surface area (TPSA) is 52.6 Å². The van der Waals surface area contributed by atoms with Crippen molar-refractivity contribution in [1.82, 2.24) is 0 Å². The van der Waals surface area contributed by atoms with Crippen LogP contribution in [0, 0.1) is 5.82 Å². The number of hydrogen-bond donors (Lipinski definition) is 0. The third-order valence-corrected chi connectivity index (χ3v) is 2.87. The molecule has 0 amide bonds. The van der Waals surface area contributed by atoms with Crippen LogP contribution < -0.4 is 4.74 Å². The van der Waals surface area contributed by atoms with E-state index in [0.29, 0.717) is 5.56 Å². The number of halogens is 2. The number of hydrogen-bond acceptors (Lipinski definition) is 4. The Morgan fingerprint density at radius 1 is 1.05 bits per heavy atom. The standard InChI is InChI=1S/C15H10ClFO4/c1-20-14(18)9-2-5-11(6-3-9)21-15(19)12-7-4-10(16)8-13(12)17/h2-8H,1H3.